The van der Waals surface area contributed by atoms with Gasteiger partial charge in [0.2, 0.25) is 0 Å². The van der Waals surface area contributed by atoms with Gasteiger partial charge in [0, 0.05) is 24.6 Å². The van der Waals surface area contributed by atoms with Crippen molar-refractivity contribution in [1.82, 2.24) is 4.90 Å². The Kier molecular flexibility index (Phi) is 3.70. The highest BCUT2D eigenvalue weighted by Gasteiger charge is 2.70. The van der Waals surface area contributed by atoms with Crippen LogP contribution < -0.4 is 4.74 Å². The summed E-state index contributed by atoms with van der Waals surface area (Å²) in [6, 6.07) is 3.46. The molecular weight excluding hydrogens is 342 g/mol. The number of carbonyl (C=O) groups is 1. The summed E-state index contributed by atoms with van der Waals surface area (Å²) >= 11 is 0. The third-order valence-electron chi connectivity index (χ3n) is 8.04. The van der Waals surface area contributed by atoms with Crippen LogP contribution in [0.3, 0.4) is 0 Å². The Labute approximate surface area is 160 Å². The molecule has 1 saturated heterocycles. The zero-order chi connectivity index (χ0) is 19.0. The number of benzene rings is 1. The molecule has 5 rings (SSSR count). The van der Waals surface area contributed by atoms with Gasteiger partial charge in [-0.25, -0.2) is 0 Å². The number of likely N-dealkylation sites (tertiary alicyclic amines) is 1. The second kappa shape index (κ2) is 5.71. The number of phenols is 1. The quantitative estimate of drug-likeness (QED) is 0.836. The molecule has 1 aromatic rings. The fraction of sp³-hybridized carbons (Fsp3) is 0.682. The summed E-state index contributed by atoms with van der Waals surface area (Å²) in [6.07, 6.45) is 4.68. The maximum atomic E-state index is 12.8. The number of piperidine rings is 1. The van der Waals surface area contributed by atoms with Crippen molar-refractivity contribution in [2.24, 2.45) is 5.92 Å². The second-order valence-corrected chi connectivity index (χ2v) is 9.18. The molecule has 5 heteroatoms. The molecule has 3 fully saturated rings. The first-order chi connectivity index (χ1) is 12.9. The molecule has 146 valence electrons. The largest absolute Gasteiger partial charge is 0.504 e. The number of ketones is 1. The number of aromatic hydroxyl groups is 1. The van der Waals surface area contributed by atoms with Crippen LogP contribution in [0.1, 0.15) is 56.6 Å². The van der Waals surface area contributed by atoms with Gasteiger partial charge in [0.1, 0.15) is 0 Å². The zero-order valence-corrected chi connectivity index (χ0v) is 16.2. The number of rotatable bonds is 2. The van der Waals surface area contributed by atoms with Crippen LogP contribution in [-0.4, -0.2) is 51.7 Å². The maximum Gasteiger partial charge on any atom is 0.174 e. The van der Waals surface area contributed by atoms with Crippen molar-refractivity contribution >= 4 is 5.78 Å². The lowest BCUT2D eigenvalue weighted by atomic mass is 9.52. The van der Waals surface area contributed by atoms with Gasteiger partial charge in [-0.15, -0.1) is 0 Å². The van der Waals surface area contributed by atoms with Crippen molar-refractivity contribution in [3.05, 3.63) is 23.3 Å². The van der Waals surface area contributed by atoms with Crippen LogP contribution in [0.2, 0.25) is 0 Å². The molecule has 4 aliphatic rings. The van der Waals surface area contributed by atoms with Crippen molar-refractivity contribution in [2.45, 2.75) is 75.5 Å². The number of nitrogens with zero attached hydrogens (tertiary/aromatic N) is 1. The van der Waals surface area contributed by atoms with E-state index in [4.69, 9.17) is 4.74 Å². The Balaban J connectivity index is 1.62. The molecule has 1 aromatic carbocycles. The lowest BCUT2D eigenvalue weighted by molar-refractivity contribution is -0.183. The number of carbonyl (C=O) groups excluding carboxylic acids is 1. The molecule has 2 saturated carbocycles. The third kappa shape index (κ3) is 2.10. The lowest BCUT2D eigenvalue weighted by Crippen LogP contribution is -2.74. The lowest BCUT2D eigenvalue weighted by Gasteiger charge is -2.60. The summed E-state index contributed by atoms with van der Waals surface area (Å²) in [4.78, 5) is 15.3. The van der Waals surface area contributed by atoms with Gasteiger partial charge < -0.3 is 14.9 Å². The fourth-order valence-corrected chi connectivity index (χ4v) is 6.27. The molecular formula is C22H29NO4. The van der Waals surface area contributed by atoms with E-state index in [2.05, 4.69) is 11.8 Å². The number of fused-ring (bicyclic) bond motifs is 1. The minimum atomic E-state index is -1.03. The van der Waals surface area contributed by atoms with E-state index < -0.39 is 17.1 Å². The van der Waals surface area contributed by atoms with Crippen LogP contribution in [-0.2, 0) is 10.2 Å². The first-order valence-corrected chi connectivity index (χ1v) is 10.4. The molecule has 0 aromatic heterocycles. The van der Waals surface area contributed by atoms with E-state index in [0.717, 1.165) is 30.1 Å². The second-order valence-electron chi connectivity index (χ2n) is 9.18. The minimum Gasteiger partial charge on any atom is -0.504 e. The molecule has 2 N–H and O–H groups in total. The number of ether oxygens (including phenoxy) is 1. The summed E-state index contributed by atoms with van der Waals surface area (Å²) in [5.41, 5.74) is 0.0594. The van der Waals surface area contributed by atoms with Gasteiger partial charge in [-0.05, 0) is 63.6 Å². The topological polar surface area (TPSA) is 70.0 Å². The molecule has 0 unspecified atom stereocenters. The van der Waals surface area contributed by atoms with Crippen LogP contribution in [0.15, 0.2) is 12.1 Å². The summed E-state index contributed by atoms with van der Waals surface area (Å²) in [5, 5.41) is 22.5. The van der Waals surface area contributed by atoms with Crippen molar-refractivity contribution in [3.63, 3.8) is 0 Å². The summed E-state index contributed by atoms with van der Waals surface area (Å²) in [6.45, 7) is 5.98. The molecule has 0 bridgehead atoms. The normalized spacial score (nSPS) is 38.6. The molecule has 27 heavy (non-hydrogen) atoms. The zero-order valence-electron chi connectivity index (χ0n) is 16.2. The standard InChI is InChI=1S/C22H29NO4/c1-13-6-7-16(24)19-18(13)21-10-11-23(12-15-4-3-5-15)14(2)22(21,26)9-8-17(25)20(21)27-19/h6-7,14-15,20,24,26H,3-5,8-12H2,1-2H3/t14-,20+,21+,22-/m1/s1. The first-order valence-electron chi connectivity index (χ1n) is 10.4. The molecule has 0 amide bonds. The van der Waals surface area contributed by atoms with E-state index in [0.29, 0.717) is 25.0 Å². The van der Waals surface area contributed by atoms with E-state index in [-0.39, 0.29) is 17.6 Å². The molecule has 1 spiro atoms. The monoisotopic (exact) mass is 371 g/mol. The van der Waals surface area contributed by atoms with Crippen molar-refractivity contribution < 1.29 is 19.7 Å². The van der Waals surface area contributed by atoms with Crippen LogP contribution in [0.25, 0.3) is 0 Å². The van der Waals surface area contributed by atoms with Crippen molar-refractivity contribution in [2.75, 3.05) is 13.1 Å². The number of hydrogen-bond acceptors (Lipinski definition) is 5. The summed E-state index contributed by atoms with van der Waals surface area (Å²) in [5.74, 6) is 1.27. The maximum absolute atomic E-state index is 12.8. The molecule has 2 aliphatic carbocycles. The molecule has 2 heterocycles. The van der Waals surface area contributed by atoms with E-state index in [1.54, 1.807) is 6.07 Å². The minimum absolute atomic E-state index is 0.0428. The van der Waals surface area contributed by atoms with Crippen LogP contribution in [0, 0.1) is 12.8 Å². The highest BCUT2D eigenvalue weighted by atomic mass is 16.5. The average Bonchev–Trinajstić information content (AvgIpc) is 2.97. The number of aliphatic hydroxyl groups is 1. The predicted octanol–water partition coefficient (Wildman–Crippen LogP) is 2.69. The number of Topliss-reactive ketones (excluding diaryl/α,β-unsaturated/α-hetero) is 1. The van der Waals surface area contributed by atoms with Gasteiger partial charge in [0.05, 0.1) is 11.0 Å². The fourth-order valence-electron chi connectivity index (χ4n) is 6.27. The highest BCUT2D eigenvalue weighted by Crippen LogP contribution is 2.61. The predicted molar refractivity (Wildman–Crippen MR) is 101 cm³/mol. The number of aryl methyl sites for hydroxylation is 1. The number of phenolic OH excluding ortho intramolecular Hbond substituents is 1. The smallest absolute Gasteiger partial charge is 0.174 e. The SMILES string of the molecule is Cc1ccc(O)c2c1[C@]13CCN(CC4CCC4)[C@H](C)[C@]1(O)CCC(=O)[C@@H]3O2. The summed E-state index contributed by atoms with van der Waals surface area (Å²) in [7, 11) is 0. The summed E-state index contributed by atoms with van der Waals surface area (Å²) < 4.78 is 6.08. The van der Waals surface area contributed by atoms with Gasteiger partial charge in [-0.3, -0.25) is 9.69 Å². The van der Waals surface area contributed by atoms with Crippen LogP contribution in [0.5, 0.6) is 11.5 Å². The molecule has 2 aliphatic heterocycles. The Morgan fingerprint density at radius 2 is 2.07 bits per heavy atom. The van der Waals surface area contributed by atoms with E-state index in [1.165, 1.54) is 19.3 Å². The Morgan fingerprint density at radius 3 is 2.78 bits per heavy atom. The van der Waals surface area contributed by atoms with E-state index in [1.807, 2.05) is 13.0 Å². The highest BCUT2D eigenvalue weighted by molar-refractivity contribution is 5.89. The van der Waals surface area contributed by atoms with Crippen molar-refractivity contribution in [1.29, 1.82) is 0 Å². The average molecular weight is 371 g/mol. The third-order valence-corrected chi connectivity index (χ3v) is 8.04. The molecule has 5 nitrogen and oxygen atoms in total. The molecule has 4 atom stereocenters. The van der Waals surface area contributed by atoms with Gasteiger partial charge in [-0.1, -0.05) is 12.5 Å². The van der Waals surface area contributed by atoms with Gasteiger partial charge in [0.25, 0.3) is 0 Å². The van der Waals surface area contributed by atoms with E-state index in [9.17, 15) is 15.0 Å². The van der Waals surface area contributed by atoms with Gasteiger partial charge in [0.15, 0.2) is 23.4 Å². The van der Waals surface area contributed by atoms with Gasteiger partial charge >= 0.3 is 0 Å². The Morgan fingerprint density at radius 1 is 1.30 bits per heavy atom. The van der Waals surface area contributed by atoms with Crippen LogP contribution in [0.4, 0.5) is 0 Å². The molecule has 0 radical (unpaired) electrons. The first kappa shape index (κ1) is 17.5. The number of hydrogen-bond donors (Lipinski definition) is 2. The Bertz CT molecular complexity index is 804. The van der Waals surface area contributed by atoms with Crippen molar-refractivity contribution in [3.8, 4) is 11.5 Å². The van der Waals surface area contributed by atoms with Crippen LogP contribution >= 0.6 is 0 Å². The Hall–Kier alpha value is -1.59. The van der Waals surface area contributed by atoms with Gasteiger partial charge in [-0.2, -0.15) is 0 Å². The van der Waals surface area contributed by atoms with E-state index >= 15 is 0 Å².